The molecule has 0 spiro atoms. The van der Waals surface area contributed by atoms with E-state index in [-0.39, 0.29) is 31.1 Å². The van der Waals surface area contributed by atoms with Crippen molar-refractivity contribution in [3.63, 3.8) is 0 Å². The van der Waals surface area contributed by atoms with Crippen molar-refractivity contribution in [1.29, 1.82) is 0 Å². The Labute approximate surface area is 171 Å². The molecule has 2 atom stereocenters. The van der Waals surface area contributed by atoms with Crippen LogP contribution in [0.3, 0.4) is 0 Å². The SMILES string of the molecule is C.CN(C)C(=O)C1=CC2CN(C(=O)/C=C/c3cnc4c(c3)CCC(=O)N4)CC2C1. The highest BCUT2D eigenvalue weighted by atomic mass is 16.2. The summed E-state index contributed by atoms with van der Waals surface area (Å²) < 4.78 is 0. The Morgan fingerprint density at radius 1 is 1.28 bits per heavy atom. The average Bonchev–Trinajstić information content (AvgIpc) is 3.24. The van der Waals surface area contributed by atoms with Crippen LogP contribution in [-0.2, 0) is 20.8 Å². The standard InChI is InChI=1S/C21H24N4O3.CH4/c1-24(2)21(28)15-8-16-11-25(12-17(16)9-15)19(27)6-3-13-7-14-4-5-18(26)23-20(14)22-10-13;/h3,6-8,10,16-17H,4-5,9,11-12H2,1-2H3,(H,22,23,26);1H4/b6-3+;. The first-order valence-electron chi connectivity index (χ1n) is 9.59. The summed E-state index contributed by atoms with van der Waals surface area (Å²) in [4.78, 5) is 43.8. The number of fused-ring (bicyclic) bond motifs is 2. The van der Waals surface area contributed by atoms with Gasteiger partial charge in [-0.2, -0.15) is 0 Å². The van der Waals surface area contributed by atoms with Crippen LogP contribution in [-0.4, -0.2) is 59.7 Å². The molecule has 7 nitrogen and oxygen atoms in total. The fraction of sp³-hybridized carbons (Fsp3) is 0.455. The van der Waals surface area contributed by atoms with E-state index in [2.05, 4.69) is 10.3 Å². The van der Waals surface area contributed by atoms with Gasteiger partial charge in [-0.05, 0) is 42.0 Å². The summed E-state index contributed by atoms with van der Waals surface area (Å²) in [6.45, 7) is 1.34. The first kappa shape index (κ1) is 20.8. The Hall–Kier alpha value is -2.96. The van der Waals surface area contributed by atoms with Gasteiger partial charge in [-0.25, -0.2) is 4.98 Å². The summed E-state index contributed by atoms with van der Waals surface area (Å²) in [5.41, 5.74) is 2.71. The quantitative estimate of drug-likeness (QED) is 0.794. The second kappa shape index (κ2) is 8.19. The van der Waals surface area contributed by atoms with Crippen LogP contribution in [0.25, 0.3) is 6.08 Å². The molecule has 2 unspecified atom stereocenters. The highest BCUT2D eigenvalue weighted by Gasteiger charge is 2.39. The molecule has 1 saturated heterocycles. The summed E-state index contributed by atoms with van der Waals surface area (Å²) in [5, 5.41) is 2.76. The summed E-state index contributed by atoms with van der Waals surface area (Å²) in [5.74, 6) is 1.26. The van der Waals surface area contributed by atoms with Crippen LogP contribution in [0.2, 0.25) is 0 Å². The Bertz CT molecular complexity index is 903. The first-order chi connectivity index (χ1) is 13.4. The predicted molar refractivity (Wildman–Crippen MR) is 112 cm³/mol. The third-order valence-electron chi connectivity index (χ3n) is 5.67. The molecule has 1 aliphatic carbocycles. The average molecular weight is 396 g/mol. The van der Waals surface area contributed by atoms with Crippen molar-refractivity contribution in [2.75, 3.05) is 32.5 Å². The largest absolute Gasteiger partial charge is 0.345 e. The Morgan fingerprint density at radius 2 is 2.07 bits per heavy atom. The van der Waals surface area contributed by atoms with Gasteiger partial charge in [0.2, 0.25) is 17.7 Å². The van der Waals surface area contributed by atoms with E-state index in [1.165, 1.54) is 0 Å². The molecule has 1 N–H and O–H groups in total. The number of nitrogens with zero attached hydrogens (tertiary/aromatic N) is 3. The minimum Gasteiger partial charge on any atom is -0.345 e. The monoisotopic (exact) mass is 396 g/mol. The smallest absolute Gasteiger partial charge is 0.248 e. The molecule has 0 radical (unpaired) electrons. The Balaban J connectivity index is 0.00000240. The van der Waals surface area contributed by atoms with E-state index in [1.54, 1.807) is 37.3 Å². The van der Waals surface area contributed by atoms with Crippen molar-refractivity contribution in [3.05, 3.63) is 41.1 Å². The number of carbonyl (C=O) groups is 3. The molecule has 3 aliphatic rings. The lowest BCUT2D eigenvalue weighted by atomic mass is 10.00. The van der Waals surface area contributed by atoms with Gasteiger partial charge in [-0.1, -0.05) is 13.5 Å². The second-order valence-corrected chi connectivity index (χ2v) is 7.92. The topological polar surface area (TPSA) is 82.6 Å². The second-order valence-electron chi connectivity index (χ2n) is 7.92. The van der Waals surface area contributed by atoms with Crippen LogP contribution < -0.4 is 5.32 Å². The molecule has 0 bridgehead atoms. The van der Waals surface area contributed by atoms with E-state index in [9.17, 15) is 14.4 Å². The lowest BCUT2D eigenvalue weighted by molar-refractivity contribution is -0.125. The number of nitrogens with one attached hydrogen (secondary N) is 1. The van der Waals surface area contributed by atoms with Crippen LogP contribution in [0.4, 0.5) is 5.82 Å². The lowest BCUT2D eigenvalue weighted by Gasteiger charge is -2.17. The van der Waals surface area contributed by atoms with Crippen LogP contribution in [0, 0.1) is 11.8 Å². The summed E-state index contributed by atoms with van der Waals surface area (Å²) in [6.07, 6.45) is 8.94. The van der Waals surface area contributed by atoms with Gasteiger partial charge in [-0.15, -0.1) is 0 Å². The number of hydrogen-bond donors (Lipinski definition) is 1. The van der Waals surface area contributed by atoms with Crippen molar-refractivity contribution in [2.45, 2.75) is 26.7 Å². The van der Waals surface area contributed by atoms with Gasteiger partial charge in [0.15, 0.2) is 0 Å². The summed E-state index contributed by atoms with van der Waals surface area (Å²) >= 11 is 0. The third kappa shape index (κ3) is 4.23. The number of hydrogen-bond acceptors (Lipinski definition) is 4. The van der Waals surface area contributed by atoms with E-state index in [1.807, 2.05) is 17.0 Å². The zero-order valence-electron chi connectivity index (χ0n) is 16.1. The number of pyridine rings is 1. The molecule has 3 amide bonds. The molecule has 4 rings (SSSR count). The van der Waals surface area contributed by atoms with Gasteiger partial charge in [0.05, 0.1) is 0 Å². The fourth-order valence-electron chi connectivity index (χ4n) is 4.17. The van der Waals surface area contributed by atoms with Gasteiger partial charge in [0, 0.05) is 57.4 Å². The molecule has 0 aromatic carbocycles. The third-order valence-corrected chi connectivity index (χ3v) is 5.67. The molecular formula is C22H28N4O3. The number of anilines is 1. The zero-order valence-corrected chi connectivity index (χ0v) is 16.1. The predicted octanol–water partition coefficient (Wildman–Crippen LogP) is 2.11. The molecule has 1 aromatic rings. The van der Waals surface area contributed by atoms with Crippen LogP contribution in [0.5, 0.6) is 0 Å². The maximum Gasteiger partial charge on any atom is 0.248 e. The van der Waals surface area contributed by atoms with Crippen molar-refractivity contribution >= 4 is 29.6 Å². The number of carbonyl (C=O) groups excluding carboxylic acids is 3. The molecule has 7 heteroatoms. The van der Waals surface area contributed by atoms with Crippen molar-refractivity contribution in [1.82, 2.24) is 14.8 Å². The van der Waals surface area contributed by atoms with Gasteiger partial charge in [0.1, 0.15) is 5.82 Å². The molecule has 29 heavy (non-hydrogen) atoms. The van der Waals surface area contributed by atoms with Crippen molar-refractivity contribution in [3.8, 4) is 0 Å². The number of rotatable bonds is 3. The van der Waals surface area contributed by atoms with Gasteiger partial charge >= 0.3 is 0 Å². The number of aromatic nitrogens is 1. The lowest BCUT2D eigenvalue weighted by Crippen LogP contribution is -2.28. The van der Waals surface area contributed by atoms with Crippen molar-refractivity contribution in [2.24, 2.45) is 11.8 Å². The normalized spacial score (nSPS) is 22.5. The summed E-state index contributed by atoms with van der Waals surface area (Å²) in [6, 6.07) is 1.96. The molecule has 1 aromatic heterocycles. The van der Waals surface area contributed by atoms with Gasteiger partial charge in [-0.3, -0.25) is 14.4 Å². The molecule has 2 aliphatic heterocycles. The zero-order chi connectivity index (χ0) is 19.8. The van der Waals surface area contributed by atoms with Crippen LogP contribution in [0.1, 0.15) is 31.4 Å². The number of aryl methyl sites for hydroxylation is 1. The highest BCUT2D eigenvalue weighted by Crippen LogP contribution is 2.37. The van der Waals surface area contributed by atoms with E-state index < -0.39 is 0 Å². The van der Waals surface area contributed by atoms with Gasteiger partial charge in [0.25, 0.3) is 0 Å². The maximum atomic E-state index is 12.6. The molecule has 3 heterocycles. The fourth-order valence-corrected chi connectivity index (χ4v) is 4.17. The Kier molecular flexibility index (Phi) is 5.86. The number of likely N-dealkylation sites (tertiary alicyclic amines) is 1. The first-order valence-corrected chi connectivity index (χ1v) is 9.59. The Morgan fingerprint density at radius 3 is 2.79 bits per heavy atom. The number of amides is 3. The van der Waals surface area contributed by atoms with Gasteiger partial charge < -0.3 is 15.1 Å². The molecule has 154 valence electrons. The van der Waals surface area contributed by atoms with Crippen LogP contribution in [0.15, 0.2) is 30.0 Å². The maximum absolute atomic E-state index is 12.6. The van der Waals surface area contributed by atoms with Crippen LogP contribution >= 0.6 is 0 Å². The van der Waals surface area contributed by atoms with E-state index in [0.717, 1.165) is 23.1 Å². The van der Waals surface area contributed by atoms with E-state index in [0.29, 0.717) is 37.7 Å². The highest BCUT2D eigenvalue weighted by molar-refractivity contribution is 5.95. The summed E-state index contributed by atoms with van der Waals surface area (Å²) in [7, 11) is 3.53. The minimum absolute atomic E-state index is 0. The molecule has 1 fully saturated rings. The van der Waals surface area contributed by atoms with E-state index in [4.69, 9.17) is 0 Å². The van der Waals surface area contributed by atoms with Crippen molar-refractivity contribution < 1.29 is 14.4 Å². The number of likely N-dealkylation sites (N-methyl/N-ethyl adjacent to an activating group) is 1. The molecular weight excluding hydrogens is 368 g/mol. The minimum atomic E-state index is -0.0192. The van der Waals surface area contributed by atoms with E-state index >= 15 is 0 Å². The molecule has 0 saturated carbocycles.